The van der Waals surface area contributed by atoms with Crippen LogP contribution in [0.3, 0.4) is 0 Å². The Morgan fingerprint density at radius 3 is 2.95 bits per heavy atom. The van der Waals surface area contributed by atoms with Crippen molar-refractivity contribution in [3.8, 4) is 0 Å². The summed E-state index contributed by atoms with van der Waals surface area (Å²) in [6, 6.07) is 2.06. The lowest BCUT2D eigenvalue weighted by molar-refractivity contribution is 0.497. The molecule has 6 heteroatoms. The molecule has 1 saturated heterocycles. The Kier molecular flexibility index (Phi) is 3.30. The van der Waals surface area contributed by atoms with Gasteiger partial charge in [0.05, 0.1) is 0 Å². The fourth-order valence-electron chi connectivity index (χ4n) is 2.86. The summed E-state index contributed by atoms with van der Waals surface area (Å²) in [6.45, 7) is 6.00. The zero-order chi connectivity index (χ0) is 14.1. The molecule has 0 bridgehead atoms. The number of nitrogens with zero attached hydrogens (tertiary/aromatic N) is 4. The Labute approximate surface area is 118 Å². The topological polar surface area (TPSA) is 83.7 Å². The summed E-state index contributed by atoms with van der Waals surface area (Å²) in [5.74, 6) is 1.80. The van der Waals surface area contributed by atoms with Gasteiger partial charge in [-0.2, -0.15) is 10.1 Å². The van der Waals surface area contributed by atoms with Crippen LogP contribution in [0, 0.1) is 13.8 Å². The molecular weight excluding hydrogens is 252 g/mol. The normalized spacial score (nSPS) is 19.3. The quantitative estimate of drug-likeness (QED) is 0.870. The molecule has 1 atom stereocenters. The van der Waals surface area contributed by atoms with E-state index in [1.54, 1.807) is 0 Å². The number of H-pyrrole nitrogens is 1. The first-order valence-corrected chi connectivity index (χ1v) is 7.00. The van der Waals surface area contributed by atoms with Crippen LogP contribution in [0.25, 0.3) is 0 Å². The molecule has 2 aromatic rings. The number of aromatic amines is 1. The standard InChI is InChI=1S/C14H20N6/c1-9-10(2)17-14(15)18-13(9)20-7-3-4-11(8-20)12-5-6-16-19-12/h5-6,11H,3-4,7-8H2,1-2H3,(H,16,19)(H2,15,17,18). The van der Waals surface area contributed by atoms with Gasteiger partial charge in [0.25, 0.3) is 0 Å². The molecule has 0 radical (unpaired) electrons. The molecule has 1 fully saturated rings. The first-order valence-electron chi connectivity index (χ1n) is 7.00. The summed E-state index contributed by atoms with van der Waals surface area (Å²) >= 11 is 0. The van der Waals surface area contributed by atoms with Crippen LogP contribution in [0.15, 0.2) is 12.3 Å². The van der Waals surface area contributed by atoms with Crippen molar-refractivity contribution in [2.24, 2.45) is 0 Å². The van der Waals surface area contributed by atoms with Gasteiger partial charge in [-0.1, -0.05) is 0 Å². The molecule has 1 aliphatic rings. The molecule has 3 heterocycles. The number of nitrogens with one attached hydrogen (secondary N) is 1. The van der Waals surface area contributed by atoms with E-state index in [9.17, 15) is 0 Å². The molecule has 2 aromatic heterocycles. The molecule has 3 rings (SSSR count). The monoisotopic (exact) mass is 272 g/mol. The van der Waals surface area contributed by atoms with Crippen LogP contribution >= 0.6 is 0 Å². The minimum Gasteiger partial charge on any atom is -0.368 e. The van der Waals surface area contributed by atoms with Gasteiger partial charge < -0.3 is 10.6 Å². The number of hydrogen-bond donors (Lipinski definition) is 2. The smallest absolute Gasteiger partial charge is 0.222 e. The highest BCUT2D eigenvalue weighted by Gasteiger charge is 2.24. The van der Waals surface area contributed by atoms with Gasteiger partial charge in [0.1, 0.15) is 5.82 Å². The van der Waals surface area contributed by atoms with Gasteiger partial charge in [0.15, 0.2) is 0 Å². The Morgan fingerprint density at radius 1 is 1.35 bits per heavy atom. The summed E-state index contributed by atoms with van der Waals surface area (Å²) in [7, 11) is 0. The number of nitrogens with two attached hydrogens (primary N) is 1. The Bertz CT molecular complexity index is 592. The van der Waals surface area contributed by atoms with Crippen LogP contribution < -0.4 is 10.6 Å². The fourth-order valence-corrected chi connectivity index (χ4v) is 2.86. The van der Waals surface area contributed by atoms with Crippen molar-refractivity contribution in [1.29, 1.82) is 0 Å². The van der Waals surface area contributed by atoms with E-state index in [4.69, 9.17) is 5.73 Å². The highest BCUT2D eigenvalue weighted by molar-refractivity contribution is 5.51. The van der Waals surface area contributed by atoms with Crippen molar-refractivity contribution in [2.75, 3.05) is 23.7 Å². The van der Waals surface area contributed by atoms with E-state index >= 15 is 0 Å². The second kappa shape index (κ2) is 5.11. The van der Waals surface area contributed by atoms with E-state index in [0.29, 0.717) is 11.9 Å². The maximum Gasteiger partial charge on any atom is 0.222 e. The predicted molar refractivity (Wildman–Crippen MR) is 78.7 cm³/mol. The minimum atomic E-state index is 0.353. The number of piperidine rings is 1. The highest BCUT2D eigenvalue weighted by Crippen LogP contribution is 2.30. The first-order chi connectivity index (χ1) is 9.65. The van der Waals surface area contributed by atoms with Crippen LogP contribution in [-0.2, 0) is 0 Å². The van der Waals surface area contributed by atoms with E-state index in [0.717, 1.165) is 36.6 Å². The molecule has 0 amide bonds. The lowest BCUT2D eigenvalue weighted by Crippen LogP contribution is -2.36. The molecule has 106 valence electrons. The van der Waals surface area contributed by atoms with Crippen molar-refractivity contribution in [3.63, 3.8) is 0 Å². The minimum absolute atomic E-state index is 0.353. The van der Waals surface area contributed by atoms with Crippen molar-refractivity contribution in [3.05, 3.63) is 29.2 Å². The van der Waals surface area contributed by atoms with Crippen LogP contribution in [-0.4, -0.2) is 33.3 Å². The summed E-state index contributed by atoms with van der Waals surface area (Å²) < 4.78 is 0. The van der Waals surface area contributed by atoms with E-state index in [1.165, 1.54) is 12.1 Å². The second-order valence-corrected chi connectivity index (χ2v) is 5.41. The van der Waals surface area contributed by atoms with Crippen LogP contribution in [0.5, 0.6) is 0 Å². The van der Waals surface area contributed by atoms with Crippen molar-refractivity contribution >= 4 is 11.8 Å². The van der Waals surface area contributed by atoms with Crippen LogP contribution in [0.2, 0.25) is 0 Å². The Morgan fingerprint density at radius 2 is 2.20 bits per heavy atom. The van der Waals surface area contributed by atoms with Gasteiger partial charge >= 0.3 is 0 Å². The van der Waals surface area contributed by atoms with E-state index < -0.39 is 0 Å². The maximum absolute atomic E-state index is 5.80. The fraction of sp³-hybridized carbons (Fsp3) is 0.500. The van der Waals surface area contributed by atoms with Crippen molar-refractivity contribution in [1.82, 2.24) is 20.2 Å². The van der Waals surface area contributed by atoms with Gasteiger partial charge in [0.2, 0.25) is 5.95 Å². The van der Waals surface area contributed by atoms with Crippen LogP contribution in [0.4, 0.5) is 11.8 Å². The maximum atomic E-state index is 5.80. The molecule has 20 heavy (non-hydrogen) atoms. The molecule has 3 N–H and O–H groups in total. The van der Waals surface area contributed by atoms with Gasteiger partial charge in [-0.25, -0.2) is 4.98 Å². The van der Waals surface area contributed by atoms with Crippen molar-refractivity contribution in [2.45, 2.75) is 32.6 Å². The number of hydrogen-bond acceptors (Lipinski definition) is 5. The molecule has 0 spiro atoms. The number of rotatable bonds is 2. The third-order valence-electron chi connectivity index (χ3n) is 4.06. The van der Waals surface area contributed by atoms with Crippen LogP contribution in [0.1, 0.15) is 35.7 Å². The summed E-state index contributed by atoms with van der Waals surface area (Å²) in [6.07, 6.45) is 4.13. The third kappa shape index (κ3) is 2.33. The number of aryl methyl sites for hydroxylation is 1. The predicted octanol–water partition coefficient (Wildman–Crippen LogP) is 1.78. The Balaban J connectivity index is 1.87. The molecule has 0 aliphatic carbocycles. The number of aromatic nitrogens is 4. The molecular formula is C14H20N6. The largest absolute Gasteiger partial charge is 0.368 e. The van der Waals surface area contributed by atoms with Gasteiger partial charge in [-0.3, -0.25) is 5.10 Å². The molecule has 6 nitrogen and oxygen atoms in total. The van der Waals surface area contributed by atoms with Gasteiger partial charge in [0, 0.05) is 42.2 Å². The third-order valence-corrected chi connectivity index (χ3v) is 4.06. The molecule has 1 unspecified atom stereocenters. The average Bonchev–Trinajstić information content (AvgIpc) is 2.97. The van der Waals surface area contributed by atoms with E-state index in [1.807, 2.05) is 13.1 Å². The lowest BCUT2D eigenvalue weighted by Gasteiger charge is -2.34. The van der Waals surface area contributed by atoms with Crippen molar-refractivity contribution < 1.29 is 0 Å². The van der Waals surface area contributed by atoms with E-state index in [2.05, 4.69) is 38.1 Å². The van der Waals surface area contributed by atoms with Gasteiger partial charge in [-0.15, -0.1) is 0 Å². The summed E-state index contributed by atoms with van der Waals surface area (Å²) in [5.41, 5.74) is 9.07. The van der Waals surface area contributed by atoms with E-state index in [-0.39, 0.29) is 0 Å². The number of nitrogen functional groups attached to an aromatic ring is 1. The Hall–Kier alpha value is -2.11. The zero-order valence-electron chi connectivity index (χ0n) is 11.9. The highest BCUT2D eigenvalue weighted by atomic mass is 15.2. The van der Waals surface area contributed by atoms with Gasteiger partial charge in [-0.05, 0) is 32.8 Å². The summed E-state index contributed by atoms with van der Waals surface area (Å²) in [5, 5.41) is 7.13. The summed E-state index contributed by atoms with van der Waals surface area (Å²) in [4.78, 5) is 11.0. The molecule has 1 aliphatic heterocycles. The zero-order valence-corrected chi connectivity index (χ0v) is 11.9. The molecule has 0 saturated carbocycles. The second-order valence-electron chi connectivity index (χ2n) is 5.41. The first kappa shape index (κ1) is 12.9. The SMILES string of the molecule is Cc1nc(N)nc(N2CCCC(c3ccn[nH]3)C2)c1C. The lowest BCUT2D eigenvalue weighted by atomic mass is 9.94. The molecule has 0 aromatic carbocycles. The number of anilines is 2. The average molecular weight is 272 g/mol.